The van der Waals surface area contributed by atoms with E-state index in [9.17, 15) is 4.79 Å². The number of nitrogens with zero attached hydrogens (tertiary/aromatic N) is 1. The minimum absolute atomic E-state index is 0.0668. The first-order valence-electron chi connectivity index (χ1n) is 7.01. The van der Waals surface area contributed by atoms with Crippen molar-refractivity contribution in [2.45, 2.75) is 37.8 Å². The van der Waals surface area contributed by atoms with E-state index < -0.39 is 6.09 Å². The van der Waals surface area contributed by atoms with Crippen LogP contribution in [0.2, 0.25) is 0 Å². The van der Waals surface area contributed by atoms with Crippen LogP contribution in [-0.2, 0) is 0 Å². The summed E-state index contributed by atoms with van der Waals surface area (Å²) in [5, 5.41) is 16.8. The Kier molecular flexibility index (Phi) is 3.83. The Hall–Kier alpha value is -2.02. The highest BCUT2D eigenvalue weighted by Gasteiger charge is 2.23. The molecule has 0 atom stereocenters. The number of hydrogen-bond acceptors (Lipinski definition) is 5. The predicted octanol–water partition coefficient (Wildman–Crippen LogP) is 2.87. The lowest BCUT2D eigenvalue weighted by Gasteiger charge is -2.30. The van der Waals surface area contributed by atoms with Gasteiger partial charge in [-0.25, -0.2) is 4.79 Å². The molecule has 21 heavy (non-hydrogen) atoms. The molecule has 7 heteroatoms. The maximum Gasteiger partial charge on any atom is 0.404 e. The number of hydrogen-bond donors (Lipinski definition) is 4. The smallest absolute Gasteiger partial charge is 0.404 e. The van der Waals surface area contributed by atoms with Gasteiger partial charge in [0.1, 0.15) is 0 Å². The number of pyridine rings is 1. The van der Waals surface area contributed by atoms with Gasteiger partial charge in [-0.05, 0) is 37.1 Å². The Bertz CT molecular complexity index is 649. The van der Waals surface area contributed by atoms with Crippen LogP contribution in [0, 0.1) is 0 Å². The molecular weight excluding hydrogens is 288 g/mol. The van der Waals surface area contributed by atoms with Gasteiger partial charge in [0, 0.05) is 12.1 Å². The van der Waals surface area contributed by atoms with Gasteiger partial charge in [-0.2, -0.15) is 0 Å². The van der Waals surface area contributed by atoms with Gasteiger partial charge in [0.05, 0.1) is 27.8 Å². The third-order valence-corrected chi connectivity index (χ3v) is 4.83. The first kappa shape index (κ1) is 13.9. The van der Waals surface area contributed by atoms with Crippen LogP contribution in [-0.4, -0.2) is 28.3 Å². The van der Waals surface area contributed by atoms with E-state index in [4.69, 9.17) is 10.8 Å². The molecule has 112 valence electrons. The molecule has 5 N–H and O–H groups in total. The van der Waals surface area contributed by atoms with Crippen molar-refractivity contribution in [1.29, 1.82) is 0 Å². The molecule has 0 unspecified atom stereocenters. The third-order valence-electron chi connectivity index (χ3n) is 3.91. The molecule has 2 aromatic heterocycles. The number of carbonyl (C=O) groups is 1. The van der Waals surface area contributed by atoms with Crippen LogP contribution in [0.3, 0.4) is 0 Å². The summed E-state index contributed by atoms with van der Waals surface area (Å²) in [6.45, 7) is 0. The maximum atomic E-state index is 10.7. The van der Waals surface area contributed by atoms with Crippen LogP contribution >= 0.6 is 11.3 Å². The van der Waals surface area contributed by atoms with E-state index in [1.54, 1.807) is 17.5 Å². The van der Waals surface area contributed by atoms with Crippen molar-refractivity contribution < 1.29 is 9.90 Å². The SMILES string of the molecule is Nc1cnc2ccsc2c1NC1CCC(NC(=O)O)CC1. The van der Waals surface area contributed by atoms with Crippen molar-refractivity contribution in [3.8, 4) is 0 Å². The third kappa shape index (κ3) is 3.02. The van der Waals surface area contributed by atoms with Crippen LogP contribution in [0.15, 0.2) is 17.6 Å². The minimum atomic E-state index is -0.940. The number of amides is 1. The molecular formula is C14H18N4O2S. The second-order valence-electron chi connectivity index (χ2n) is 5.37. The largest absolute Gasteiger partial charge is 0.465 e. The molecule has 1 aliphatic rings. The van der Waals surface area contributed by atoms with Crippen LogP contribution in [0.25, 0.3) is 10.2 Å². The highest BCUT2D eigenvalue weighted by atomic mass is 32.1. The second kappa shape index (κ2) is 5.77. The van der Waals surface area contributed by atoms with Crippen molar-refractivity contribution in [1.82, 2.24) is 10.3 Å². The highest BCUT2D eigenvalue weighted by Crippen LogP contribution is 2.34. The van der Waals surface area contributed by atoms with Gasteiger partial charge in [-0.1, -0.05) is 0 Å². The minimum Gasteiger partial charge on any atom is -0.465 e. The molecule has 1 amide bonds. The van der Waals surface area contributed by atoms with Crippen LogP contribution in [0.5, 0.6) is 0 Å². The van der Waals surface area contributed by atoms with E-state index >= 15 is 0 Å². The van der Waals surface area contributed by atoms with Crippen molar-refractivity contribution in [3.05, 3.63) is 17.6 Å². The standard InChI is InChI=1S/C14H18N4O2S/c15-10-7-16-11-5-6-21-13(11)12(10)17-8-1-3-9(4-2-8)18-14(19)20/h5-9,18H,1-4,15H2,(H,16,17)(H,19,20). The van der Waals surface area contributed by atoms with Crippen molar-refractivity contribution in [2.24, 2.45) is 0 Å². The Morgan fingerprint density at radius 3 is 2.76 bits per heavy atom. The summed E-state index contributed by atoms with van der Waals surface area (Å²) in [4.78, 5) is 15.0. The number of nitrogen functional groups attached to an aromatic ring is 1. The van der Waals surface area contributed by atoms with Gasteiger partial charge >= 0.3 is 6.09 Å². The summed E-state index contributed by atoms with van der Waals surface area (Å²) in [5.74, 6) is 0. The van der Waals surface area contributed by atoms with E-state index in [1.807, 2.05) is 11.4 Å². The zero-order valence-electron chi connectivity index (χ0n) is 11.5. The van der Waals surface area contributed by atoms with Crippen molar-refractivity contribution in [2.75, 3.05) is 11.1 Å². The summed E-state index contributed by atoms with van der Waals surface area (Å²) in [6, 6.07) is 2.38. The lowest BCUT2D eigenvalue weighted by molar-refractivity contribution is 0.185. The first-order valence-corrected chi connectivity index (χ1v) is 7.89. The lowest BCUT2D eigenvalue weighted by Crippen LogP contribution is -2.39. The Morgan fingerprint density at radius 2 is 2.05 bits per heavy atom. The van der Waals surface area contributed by atoms with E-state index in [0.717, 1.165) is 41.6 Å². The molecule has 2 heterocycles. The summed E-state index contributed by atoms with van der Waals surface area (Å²) in [7, 11) is 0. The van der Waals surface area contributed by atoms with Crippen LogP contribution in [0.1, 0.15) is 25.7 Å². The summed E-state index contributed by atoms with van der Waals surface area (Å²) >= 11 is 1.63. The van der Waals surface area contributed by atoms with E-state index in [2.05, 4.69) is 15.6 Å². The molecule has 0 saturated heterocycles. The topological polar surface area (TPSA) is 100 Å². The number of rotatable bonds is 3. The second-order valence-corrected chi connectivity index (χ2v) is 6.28. The lowest BCUT2D eigenvalue weighted by atomic mass is 9.91. The summed E-state index contributed by atoms with van der Waals surface area (Å²) in [5.41, 5.74) is 8.63. The molecule has 0 aromatic carbocycles. The van der Waals surface area contributed by atoms with Gasteiger partial charge in [0.25, 0.3) is 0 Å². The molecule has 3 rings (SSSR count). The molecule has 1 fully saturated rings. The fourth-order valence-electron chi connectivity index (χ4n) is 2.84. The van der Waals surface area contributed by atoms with E-state index in [-0.39, 0.29) is 6.04 Å². The maximum absolute atomic E-state index is 10.7. The van der Waals surface area contributed by atoms with Crippen LogP contribution in [0.4, 0.5) is 16.2 Å². The average Bonchev–Trinajstić information content (AvgIpc) is 2.92. The van der Waals surface area contributed by atoms with Crippen molar-refractivity contribution >= 4 is 39.0 Å². The van der Waals surface area contributed by atoms with E-state index in [0.29, 0.717) is 11.7 Å². The number of aromatic nitrogens is 1. The van der Waals surface area contributed by atoms with Crippen LogP contribution < -0.4 is 16.4 Å². The van der Waals surface area contributed by atoms with Gasteiger partial charge in [0.15, 0.2) is 0 Å². The van der Waals surface area contributed by atoms with Gasteiger partial charge in [-0.3, -0.25) is 4.98 Å². The molecule has 0 spiro atoms. The highest BCUT2D eigenvalue weighted by molar-refractivity contribution is 7.17. The fourth-order valence-corrected chi connectivity index (χ4v) is 3.70. The molecule has 0 aliphatic heterocycles. The first-order chi connectivity index (χ1) is 10.1. The molecule has 2 aromatic rings. The molecule has 0 bridgehead atoms. The molecule has 1 saturated carbocycles. The van der Waals surface area contributed by atoms with Gasteiger partial charge < -0.3 is 21.5 Å². The molecule has 1 aliphatic carbocycles. The fraction of sp³-hybridized carbons (Fsp3) is 0.429. The van der Waals surface area contributed by atoms with Crippen molar-refractivity contribution in [3.63, 3.8) is 0 Å². The molecule has 0 radical (unpaired) electrons. The Balaban J connectivity index is 1.68. The summed E-state index contributed by atoms with van der Waals surface area (Å²) < 4.78 is 1.08. The quantitative estimate of drug-likeness (QED) is 0.698. The predicted molar refractivity (Wildman–Crippen MR) is 84.9 cm³/mol. The number of nitrogens with two attached hydrogens (primary N) is 1. The number of fused-ring (bicyclic) bond motifs is 1. The zero-order valence-corrected chi connectivity index (χ0v) is 12.3. The zero-order chi connectivity index (χ0) is 14.8. The Morgan fingerprint density at radius 1 is 1.33 bits per heavy atom. The monoisotopic (exact) mass is 306 g/mol. The number of anilines is 2. The number of thiophene rings is 1. The normalized spacial score (nSPS) is 22.1. The van der Waals surface area contributed by atoms with E-state index in [1.165, 1.54) is 0 Å². The average molecular weight is 306 g/mol. The number of carboxylic acid groups (broad SMARTS) is 1. The Labute approximate surface area is 126 Å². The number of nitrogens with one attached hydrogen (secondary N) is 2. The van der Waals surface area contributed by atoms with Gasteiger partial charge in [0.2, 0.25) is 0 Å². The summed E-state index contributed by atoms with van der Waals surface area (Å²) in [6.07, 6.45) is 4.31. The molecule has 6 nitrogen and oxygen atoms in total. The van der Waals surface area contributed by atoms with Gasteiger partial charge in [-0.15, -0.1) is 11.3 Å².